The van der Waals surface area contributed by atoms with Crippen molar-refractivity contribution in [3.05, 3.63) is 54.2 Å². The number of isothiocyanates is 1. The van der Waals surface area contributed by atoms with Crippen molar-refractivity contribution in [1.82, 2.24) is 4.98 Å². The predicted octanol–water partition coefficient (Wildman–Crippen LogP) is 3.39. The Morgan fingerprint density at radius 3 is 2.65 bits per heavy atom. The summed E-state index contributed by atoms with van der Waals surface area (Å²) >= 11 is 4.53. The van der Waals surface area contributed by atoms with Crippen molar-refractivity contribution in [2.75, 3.05) is 0 Å². The van der Waals surface area contributed by atoms with Crippen molar-refractivity contribution in [1.29, 1.82) is 0 Å². The van der Waals surface area contributed by atoms with Gasteiger partial charge in [0.15, 0.2) is 0 Å². The lowest BCUT2D eigenvalue weighted by Crippen LogP contribution is -1.96. The lowest BCUT2D eigenvalue weighted by atomic mass is 10.2. The Hall–Kier alpha value is -2.03. The monoisotopic (exact) mass is 242 g/mol. The number of nitrogens with zero attached hydrogens (tertiary/aromatic N) is 2. The van der Waals surface area contributed by atoms with Crippen LogP contribution in [0.2, 0.25) is 0 Å². The Morgan fingerprint density at radius 1 is 1.18 bits per heavy atom. The number of thiocarbonyl (C=S) groups is 1. The molecule has 1 aromatic carbocycles. The summed E-state index contributed by atoms with van der Waals surface area (Å²) in [6.07, 6.45) is 1.70. The van der Waals surface area contributed by atoms with E-state index in [0.29, 0.717) is 12.5 Å². The van der Waals surface area contributed by atoms with E-state index in [-0.39, 0.29) is 0 Å². The molecule has 17 heavy (non-hydrogen) atoms. The first-order chi connectivity index (χ1) is 8.38. The fourth-order valence-electron chi connectivity index (χ4n) is 1.31. The number of aliphatic imine (C=N–C) groups is 1. The zero-order valence-electron chi connectivity index (χ0n) is 9.04. The molecule has 2 rings (SSSR count). The van der Waals surface area contributed by atoms with E-state index in [1.54, 1.807) is 6.20 Å². The Labute approximate surface area is 105 Å². The third kappa shape index (κ3) is 3.48. The Morgan fingerprint density at radius 2 is 2.00 bits per heavy atom. The molecule has 3 nitrogen and oxygen atoms in total. The number of pyridine rings is 1. The molecular formula is C13H10N2OS. The summed E-state index contributed by atoms with van der Waals surface area (Å²) in [6, 6.07) is 13.2. The molecule has 0 fully saturated rings. The molecule has 0 spiro atoms. The average Bonchev–Trinajstić information content (AvgIpc) is 2.40. The molecule has 1 heterocycles. The highest BCUT2D eigenvalue weighted by molar-refractivity contribution is 7.78. The molecule has 0 unspecified atom stereocenters. The Balaban J connectivity index is 1.98. The van der Waals surface area contributed by atoms with Gasteiger partial charge in [-0.2, -0.15) is 4.99 Å². The highest BCUT2D eigenvalue weighted by atomic mass is 32.1. The number of hydrogen-bond donors (Lipinski definition) is 0. The summed E-state index contributed by atoms with van der Waals surface area (Å²) in [4.78, 5) is 7.95. The van der Waals surface area contributed by atoms with Crippen LogP contribution in [0.5, 0.6) is 5.88 Å². The van der Waals surface area contributed by atoms with E-state index in [0.717, 1.165) is 11.3 Å². The maximum Gasteiger partial charge on any atom is 0.213 e. The maximum absolute atomic E-state index is 5.51. The van der Waals surface area contributed by atoms with E-state index in [1.807, 2.05) is 42.5 Å². The smallest absolute Gasteiger partial charge is 0.213 e. The zero-order chi connectivity index (χ0) is 11.9. The van der Waals surface area contributed by atoms with Gasteiger partial charge in [-0.05, 0) is 36.0 Å². The summed E-state index contributed by atoms with van der Waals surface area (Å²) < 4.78 is 5.51. The Bertz CT molecular complexity index is 519. The second-order valence-electron chi connectivity index (χ2n) is 3.33. The molecule has 1 aromatic heterocycles. The second kappa shape index (κ2) is 5.89. The van der Waals surface area contributed by atoms with Crippen LogP contribution in [-0.2, 0) is 6.61 Å². The topological polar surface area (TPSA) is 34.5 Å². The fourth-order valence-corrected chi connectivity index (χ4v) is 1.41. The van der Waals surface area contributed by atoms with Crippen molar-refractivity contribution in [3.63, 3.8) is 0 Å². The zero-order valence-corrected chi connectivity index (χ0v) is 9.85. The summed E-state index contributed by atoms with van der Waals surface area (Å²) in [6.45, 7) is 0.485. The highest BCUT2D eigenvalue weighted by Crippen LogP contribution is 2.14. The molecular weight excluding hydrogens is 232 g/mol. The standard InChI is InChI=1S/C13H10N2OS/c17-10-15-12-6-4-11(5-7-12)9-16-13-3-1-2-8-14-13/h1-8H,9H2. The molecule has 0 aliphatic heterocycles. The number of hydrogen-bond acceptors (Lipinski definition) is 4. The molecule has 0 saturated heterocycles. The predicted molar refractivity (Wildman–Crippen MR) is 69.7 cm³/mol. The van der Waals surface area contributed by atoms with Crippen LogP contribution < -0.4 is 4.74 Å². The lowest BCUT2D eigenvalue weighted by Gasteiger charge is -2.04. The molecule has 0 bridgehead atoms. The molecule has 0 atom stereocenters. The first-order valence-corrected chi connectivity index (χ1v) is 5.50. The van der Waals surface area contributed by atoms with E-state index in [2.05, 4.69) is 27.4 Å². The van der Waals surface area contributed by atoms with Crippen molar-refractivity contribution in [3.8, 4) is 5.88 Å². The van der Waals surface area contributed by atoms with Crippen LogP contribution >= 0.6 is 12.2 Å². The quantitative estimate of drug-likeness (QED) is 0.608. The third-order valence-electron chi connectivity index (χ3n) is 2.14. The van der Waals surface area contributed by atoms with Gasteiger partial charge in [0, 0.05) is 12.3 Å². The van der Waals surface area contributed by atoms with Gasteiger partial charge < -0.3 is 4.74 Å². The van der Waals surface area contributed by atoms with Gasteiger partial charge in [-0.15, -0.1) is 0 Å². The Kier molecular flexibility index (Phi) is 3.97. The average molecular weight is 242 g/mol. The van der Waals surface area contributed by atoms with E-state index in [4.69, 9.17) is 4.74 Å². The van der Waals surface area contributed by atoms with Crippen LogP contribution in [-0.4, -0.2) is 10.1 Å². The van der Waals surface area contributed by atoms with Gasteiger partial charge >= 0.3 is 0 Å². The van der Waals surface area contributed by atoms with Gasteiger partial charge in [0.2, 0.25) is 5.88 Å². The van der Waals surface area contributed by atoms with Gasteiger partial charge in [-0.25, -0.2) is 4.98 Å². The molecule has 0 amide bonds. The first-order valence-electron chi connectivity index (χ1n) is 5.09. The summed E-state index contributed by atoms with van der Waals surface area (Å²) in [7, 11) is 0. The number of ether oxygens (including phenoxy) is 1. The summed E-state index contributed by atoms with van der Waals surface area (Å²) in [5.74, 6) is 0.619. The van der Waals surface area contributed by atoms with E-state index in [9.17, 15) is 0 Å². The molecule has 0 aliphatic carbocycles. The van der Waals surface area contributed by atoms with Gasteiger partial charge in [-0.1, -0.05) is 18.2 Å². The summed E-state index contributed by atoms with van der Waals surface area (Å²) in [5, 5.41) is 2.33. The van der Waals surface area contributed by atoms with E-state index >= 15 is 0 Å². The van der Waals surface area contributed by atoms with Crippen molar-refractivity contribution < 1.29 is 4.74 Å². The van der Waals surface area contributed by atoms with E-state index in [1.165, 1.54) is 0 Å². The molecule has 0 N–H and O–H groups in total. The number of benzene rings is 1. The van der Waals surface area contributed by atoms with Crippen LogP contribution in [0.25, 0.3) is 0 Å². The maximum atomic E-state index is 5.51. The minimum Gasteiger partial charge on any atom is -0.473 e. The molecule has 0 aliphatic rings. The third-order valence-corrected chi connectivity index (χ3v) is 2.23. The van der Waals surface area contributed by atoms with E-state index < -0.39 is 0 Å². The van der Waals surface area contributed by atoms with Gasteiger partial charge in [0.1, 0.15) is 6.61 Å². The molecule has 0 radical (unpaired) electrons. The SMILES string of the molecule is S=C=Nc1ccc(COc2ccccn2)cc1. The molecule has 4 heteroatoms. The number of aromatic nitrogens is 1. The van der Waals surface area contributed by atoms with Gasteiger partial charge in [0.05, 0.1) is 10.8 Å². The normalized spacial score (nSPS) is 9.41. The first kappa shape index (κ1) is 11.5. The van der Waals surface area contributed by atoms with Crippen LogP contribution in [0.3, 0.4) is 0 Å². The summed E-state index contributed by atoms with van der Waals surface area (Å²) in [5.41, 5.74) is 1.85. The van der Waals surface area contributed by atoms with Gasteiger partial charge in [0.25, 0.3) is 0 Å². The molecule has 84 valence electrons. The number of rotatable bonds is 4. The lowest BCUT2D eigenvalue weighted by molar-refractivity contribution is 0.294. The van der Waals surface area contributed by atoms with Crippen LogP contribution in [0.1, 0.15) is 5.56 Å². The van der Waals surface area contributed by atoms with Crippen molar-refractivity contribution >= 4 is 23.1 Å². The fraction of sp³-hybridized carbons (Fsp3) is 0.0769. The minimum atomic E-state index is 0.485. The largest absolute Gasteiger partial charge is 0.473 e. The molecule has 2 aromatic rings. The van der Waals surface area contributed by atoms with Crippen LogP contribution in [0, 0.1) is 0 Å². The molecule has 0 saturated carbocycles. The van der Waals surface area contributed by atoms with Gasteiger partial charge in [-0.3, -0.25) is 0 Å². The highest BCUT2D eigenvalue weighted by Gasteiger charge is 1.96. The second-order valence-corrected chi connectivity index (χ2v) is 3.51. The van der Waals surface area contributed by atoms with Crippen LogP contribution in [0.15, 0.2) is 53.7 Å². The van der Waals surface area contributed by atoms with Crippen molar-refractivity contribution in [2.45, 2.75) is 6.61 Å². The minimum absolute atomic E-state index is 0.485. The van der Waals surface area contributed by atoms with Crippen molar-refractivity contribution in [2.24, 2.45) is 4.99 Å². The van der Waals surface area contributed by atoms with Crippen LogP contribution in [0.4, 0.5) is 5.69 Å².